The highest BCUT2D eigenvalue weighted by molar-refractivity contribution is 7.91. The first kappa shape index (κ1) is 25.2. The molecule has 1 heterocycles. The van der Waals surface area contributed by atoms with Crippen LogP contribution in [-0.2, 0) is 28.5 Å². The Morgan fingerprint density at radius 3 is 2.24 bits per heavy atom. The molecule has 0 aliphatic heterocycles. The number of nitrogens with one attached hydrogen (secondary N) is 1. The van der Waals surface area contributed by atoms with E-state index in [1.54, 1.807) is 0 Å². The molecule has 0 atom stereocenters. The number of hydrogen-bond donors (Lipinski definition) is 1. The van der Waals surface area contributed by atoms with Crippen LogP contribution in [0.15, 0.2) is 70.7 Å². The van der Waals surface area contributed by atoms with E-state index >= 15 is 0 Å². The fourth-order valence-electron chi connectivity index (χ4n) is 2.95. The van der Waals surface area contributed by atoms with Crippen molar-refractivity contribution in [3.05, 3.63) is 83.4 Å². The van der Waals surface area contributed by atoms with Crippen LogP contribution in [0.4, 0.5) is 22.0 Å². The smallest absolute Gasteiger partial charge is 0.348 e. The quantitative estimate of drug-likeness (QED) is 0.474. The monoisotopic (exact) mass is 499 g/mol. The van der Waals surface area contributed by atoms with E-state index in [9.17, 15) is 35.2 Å². The Bertz CT molecular complexity index is 1290. The van der Waals surface area contributed by atoms with E-state index in [4.69, 9.17) is 0 Å². The van der Waals surface area contributed by atoms with Gasteiger partial charge in [0.15, 0.2) is 5.82 Å². The summed E-state index contributed by atoms with van der Waals surface area (Å²) in [6.45, 7) is 0.953. The Morgan fingerprint density at radius 2 is 1.62 bits per heavy atom. The van der Waals surface area contributed by atoms with Gasteiger partial charge in [-0.25, -0.2) is 18.4 Å². The van der Waals surface area contributed by atoms with Gasteiger partial charge in [-0.15, -0.1) is 0 Å². The molecule has 0 unspecified atom stereocenters. The number of rotatable bonds is 7. The van der Waals surface area contributed by atoms with Gasteiger partial charge in [-0.1, -0.05) is 31.2 Å². The second-order valence-electron chi connectivity index (χ2n) is 7.17. The molecule has 0 aliphatic rings. The van der Waals surface area contributed by atoms with Crippen molar-refractivity contribution in [1.29, 1.82) is 0 Å². The van der Waals surface area contributed by atoms with Gasteiger partial charge in [0, 0.05) is 25.4 Å². The summed E-state index contributed by atoms with van der Waals surface area (Å²) in [6.07, 6.45) is -3.40. The maximum Gasteiger partial charge on any atom is 0.416 e. The van der Waals surface area contributed by atoms with Crippen molar-refractivity contribution >= 4 is 15.7 Å². The summed E-state index contributed by atoms with van der Waals surface area (Å²) < 4.78 is 92.4. The molecule has 0 spiro atoms. The number of halogens is 5. The predicted molar refractivity (Wildman–Crippen MR) is 111 cm³/mol. The van der Waals surface area contributed by atoms with Crippen LogP contribution in [-0.4, -0.2) is 24.3 Å². The van der Waals surface area contributed by atoms with Crippen molar-refractivity contribution in [2.24, 2.45) is 0 Å². The first-order chi connectivity index (χ1) is 15.9. The number of amides is 1. The molecule has 1 amide bonds. The van der Waals surface area contributed by atoms with Crippen molar-refractivity contribution in [2.75, 3.05) is 0 Å². The van der Waals surface area contributed by atoms with Crippen molar-refractivity contribution in [3.8, 4) is 0 Å². The molecule has 3 rings (SSSR count). The Balaban J connectivity index is 1.83. The van der Waals surface area contributed by atoms with Crippen LogP contribution in [0.5, 0.6) is 0 Å². The molecule has 0 fully saturated rings. The number of carbonyl (C=O) groups excluding carboxylic acids is 1. The molecule has 1 aromatic heterocycles. The van der Waals surface area contributed by atoms with Gasteiger partial charge >= 0.3 is 12.1 Å². The van der Waals surface area contributed by atoms with Gasteiger partial charge in [0.1, 0.15) is 0 Å². The van der Waals surface area contributed by atoms with Crippen LogP contribution in [0, 0.1) is 0 Å². The van der Waals surface area contributed by atoms with E-state index in [-0.39, 0.29) is 22.6 Å². The van der Waals surface area contributed by atoms with Gasteiger partial charge in [-0.05, 0) is 29.8 Å². The Hall–Kier alpha value is -3.41. The number of sulfone groups is 1. The van der Waals surface area contributed by atoms with E-state index in [0.717, 1.165) is 30.6 Å². The number of benzene rings is 2. The number of carbonyl (C=O) groups is 1. The number of aromatic nitrogens is 2. The molecule has 0 radical (unpaired) electrons. The summed E-state index contributed by atoms with van der Waals surface area (Å²) in [5.74, 6) is -4.73. The van der Waals surface area contributed by atoms with Crippen molar-refractivity contribution in [2.45, 2.75) is 41.8 Å². The minimum atomic E-state index is -4.72. The summed E-state index contributed by atoms with van der Waals surface area (Å²) in [7, 11) is -4.35. The first-order valence-corrected chi connectivity index (χ1v) is 11.3. The fourth-order valence-corrected chi connectivity index (χ4v) is 4.49. The minimum Gasteiger partial charge on any atom is -0.348 e. The van der Waals surface area contributed by atoms with Gasteiger partial charge in [0.05, 0.1) is 20.9 Å². The van der Waals surface area contributed by atoms with E-state index < -0.39 is 50.5 Å². The highest BCUT2D eigenvalue weighted by Crippen LogP contribution is 2.32. The third-order valence-corrected chi connectivity index (χ3v) is 6.71. The van der Waals surface area contributed by atoms with Gasteiger partial charge in [0.25, 0.3) is 5.91 Å². The number of nitrogens with zero attached hydrogens (tertiary/aromatic N) is 2. The summed E-state index contributed by atoms with van der Waals surface area (Å²) >= 11 is 0. The molecule has 12 heteroatoms. The standard InChI is InChI=1S/C22H18F5N3O3S/c1-2-21(23,24)20-29-12-15(13-30-20)19(31)28-11-14-6-3-4-9-18(14)34(32,33)17-8-5-7-16(10-17)22(25,26)27/h3-10,12-13H,2,11H2,1H3,(H,28,31). The van der Waals surface area contributed by atoms with Gasteiger partial charge in [-0.2, -0.15) is 22.0 Å². The number of hydrogen-bond acceptors (Lipinski definition) is 5. The molecule has 180 valence electrons. The zero-order valence-corrected chi connectivity index (χ0v) is 18.4. The molecule has 0 bridgehead atoms. The van der Waals surface area contributed by atoms with Crippen LogP contribution in [0.25, 0.3) is 0 Å². The topological polar surface area (TPSA) is 89.0 Å². The highest BCUT2D eigenvalue weighted by atomic mass is 32.2. The molecule has 34 heavy (non-hydrogen) atoms. The Kier molecular flexibility index (Phi) is 7.01. The molecule has 1 N–H and O–H groups in total. The lowest BCUT2D eigenvalue weighted by Crippen LogP contribution is -2.25. The summed E-state index contributed by atoms with van der Waals surface area (Å²) in [4.78, 5) is 18.6. The van der Waals surface area contributed by atoms with Crippen LogP contribution < -0.4 is 5.32 Å². The maximum absolute atomic E-state index is 13.6. The third kappa shape index (κ3) is 5.38. The molecule has 2 aromatic carbocycles. The highest BCUT2D eigenvalue weighted by Gasteiger charge is 2.33. The van der Waals surface area contributed by atoms with E-state index in [1.807, 2.05) is 0 Å². The first-order valence-electron chi connectivity index (χ1n) is 9.85. The van der Waals surface area contributed by atoms with Crippen molar-refractivity contribution in [3.63, 3.8) is 0 Å². The molecule has 0 saturated carbocycles. The molecular formula is C22H18F5N3O3S. The summed E-state index contributed by atoms with van der Waals surface area (Å²) in [6, 6.07) is 8.83. The summed E-state index contributed by atoms with van der Waals surface area (Å²) in [5.41, 5.74) is -1.13. The normalized spacial score (nSPS) is 12.4. The maximum atomic E-state index is 13.6. The van der Waals surface area contributed by atoms with Gasteiger partial charge < -0.3 is 5.32 Å². The molecular weight excluding hydrogens is 481 g/mol. The van der Waals surface area contributed by atoms with E-state index in [0.29, 0.717) is 6.07 Å². The summed E-state index contributed by atoms with van der Waals surface area (Å²) in [5, 5.41) is 2.44. The second kappa shape index (κ2) is 9.45. The van der Waals surface area contributed by atoms with Crippen LogP contribution in [0.3, 0.4) is 0 Å². The van der Waals surface area contributed by atoms with Crippen molar-refractivity contribution in [1.82, 2.24) is 15.3 Å². The Labute approximate surface area is 191 Å². The molecule has 3 aromatic rings. The predicted octanol–water partition coefficient (Wildman–Crippen LogP) is 4.76. The molecule has 0 saturated heterocycles. The zero-order valence-electron chi connectivity index (χ0n) is 17.6. The van der Waals surface area contributed by atoms with Crippen LogP contribution >= 0.6 is 0 Å². The van der Waals surface area contributed by atoms with Crippen LogP contribution in [0.2, 0.25) is 0 Å². The fraction of sp³-hybridized carbons (Fsp3) is 0.227. The van der Waals surface area contributed by atoms with E-state index in [2.05, 4.69) is 15.3 Å². The molecule has 6 nitrogen and oxygen atoms in total. The largest absolute Gasteiger partial charge is 0.416 e. The van der Waals surface area contributed by atoms with Crippen LogP contribution in [0.1, 0.15) is 40.7 Å². The lowest BCUT2D eigenvalue weighted by Gasteiger charge is -2.14. The lowest BCUT2D eigenvalue weighted by molar-refractivity contribution is -0.137. The third-order valence-electron chi connectivity index (χ3n) is 4.86. The number of alkyl halides is 5. The molecule has 0 aliphatic carbocycles. The van der Waals surface area contributed by atoms with Crippen molar-refractivity contribution < 1.29 is 35.2 Å². The van der Waals surface area contributed by atoms with E-state index in [1.165, 1.54) is 31.2 Å². The Morgan fingerprint density at radius 1 is 0.971 bits per heavy atom. The van der Waals surface area contributed by atoms with Gasteiger partial charge in [0.2, 0.25) is 9.84 Å². The minimum absolute atomic E-state index is 0.114. The second-order valence-corrected chi connectivity index (χ2v) is 9.09. The average molecular weight is 499 g/mol. The lowest BCUT2D eigenvalue weighted by atomic mass is 10.2. The average Bonchev–Trinajstić information content (AvgIpc) is 2.82. The zero-order chi connectivity index (χ0) is 25.1. The van der Waals surface area contributed by atoms with Gasteiger partial charge in [-0.3, -0.25) is 4.79 Å². The SMILES string of the molecule is CCC(F)(F)c1ncc(C(=O)NCc2ccccc2S(=O)(=O)c2cccc(C(F)(F)F)c2)cn1.